The van der Waals surface area contributed by atoms with Crippen molar-refractivity contribution in [3.63, 3.8) is 0 Å². The molecule has 0 amide bonds. The molecule has 1 rings (SSSR count). The first-order valence-electron chi connectivity index (χ1n) is 3.93. The molecule has 0 radical (unpaired) electrons. The zero-order chi connectivity index (χ0) is 9.84. The van der Waals surface area contributed by atoms with Crippen LogP contribution in [-0.2, 0) is 0 Å². The number of aliphatic hydroxyl groups excluding tert-OH is 1. The van der Waals surface area contributed by atoms with Gasteiger partial charge in [0.15, 0.2) is 0 Å². The van der Waals surface area contributed by atoms with Crippen LogP contribution in [0, 0.1) is 0 Å². The number of aliphatic hydroxyl groups is 1. The van der Waals surface area contributed by atoms with E-state index in [1.54, 1.807) is 19.1 Å². The molecule has 0 aromatic carbocycles. The number of rotatable bonds is 3. The summed E-state index contributed by atoms with van der Waals surface area (Å²) in [5, 5.41) is 12.2. The summed E-state index contributed by atoms with van der Waals surface area (Å²) in [5.41, 5.74) is 6.09. The van der Waals surface area contributed by atoms with Crippen molar-refractivity contribution in [3.8, 4) is 0 Å². The van der Waals surface area contributed by atoms with E-state index in [2.05, 4.69) is 10.3 Å². The quantitative estimate of drug-likeness (QED) is 0.641. The Morgan fingerprint density at radius 2 is 2.38 bits per heavy atom. The zero-order valence-electron chi connectivity index (χ0n) is 7.29. The Morgan fingerprint density at radius 3 is 2.92 bits per heavy atom. The van der Waals surface area contributed by atoms with Gasteiger partial charge in [0.1, 0.15) is 11.0 Å². The molecule has 4 nitrogen and oxygen atoms in total. The largest absolute Gasteiger partial charge is 0.399 e. The maximum absolute atomic E-state index is 9.00. The van der Waals surface area contributed by atoms with Gasteiger partial charge in [-0.25, -0.2) is 4.98 Å². The lowest BCUT2D eigenvalue weighted by molar-refractivity contribution is 0.208. The molecule has 0 saturated heterocycles. The Balaban J connectivity index is 2.66. The molecule has 5 heteroatoms. The summed E-state index contributed by atoms with van der Waals surface area (Å²) in [7, 11) is 0. The van der Waals surface area contributed by atoms with Crippen molar-refractivity contribution in [1.82, 2.24) is 4.98 Å². The van der Waals surface area contributed by atoms with Gasteiger partial charge in [-0.2, -0.15) is 0 Å². The van der Waals surface area contributed by atoms with E-state index in [4.69, 9.17) is 22.4 Å². The van der Waals surface area contributed by atoms with Crippen LogP contribution in [0.2, 0.25) is 5.15 Å². The number of halogens is 1. The fourth-order valence-corrected chi connectivity index (χ4v) is 1.08. The first-order valence-corrected chi connectivity index (χ1v) is 4.30. The minimum absolute atomic E-state index is 0.341. The molecule has 4 N–H and O–H groups in total. The van der Waals surface area contributed by atoms with Crippen LogP contribution < -0.4 is 11.1 Å². The highest BCUT2D eigenvalue weighted by Gasteiger charge is 1.99. The molecule has 13 heavy (non-hydrogen) atoms. The number of nitrogens with one attached hydrogen (secondary N) is 1. The standard InChI is InChI=1S/C8H12ClN3O/c1-5(13)4-11-8-3-6(10)2-7(9)12-8/h2-3,5,13H,4H2,1H3,(H3,10,11,12). The first-order chi connectivity index (χ1) is 6.08. The molecule has 0 aliphatic rings. The van der Waals surface area contributed by atoms with Crippen LogP contribution in [0.3, 0.4) is 0 Å². The van der Waals surface area contributed by atoms with E-state index in [0.29, 0.717) is 23.2 Å². The average molecular weight is 202 g/mol. The molecule has 1 atom stereocenters. The number of nitrogens with zero attached hydrogens (tertiary/aromatic N) is 1. The lowest BCUT2D eigenvalue weighted by Gasteiger charge is -2.08. The molecule has 1 unspecified atom stereocenters. The van der Waals surface area contributed by atoms with Gasteiger partial charge in [0.05, 0.1) is 6.10 Å². The van der Waals surface area contributed by atoms with Gasteiger partial charge in [0, 0.05) is 18.3 Å². The number of anilines is 2. The van der Waals surface area contributed by atoms with Gasteiger partial charge in [0.2, 0.25) is 0 Å². The summed E-state index contributed by atoms with van der Waals surface area (Å²) in [4.78, 5) is 3.97. The van der Waals surface area contributed by atoms with Gasteiger partial charge in [-0.1, -0.05) is 11.6 Å². The van der Waals surface area contributed by atoms with Gasteiger partial charge in [-0.15, -0.1) is 0 Å². The monoisotopic (exact) mass is 201 g/mol. The highest BCUT2D eigenvalue weighted by Crippen LogP contribution is 2.15. The molecule has 0 spiro atoms. The van der Waals surface area contributed by atoms with Gasteiger partial charge in [-0.3, -0.25) is 0 Å². The second-order valence-corrected chi connectivity index (χ2v) is 3.23. The van der Waals surface area contributed by atoms with Crippen LogP contribution in [0.1, 0.15) is 6.92 Å². The second kappa shape index (κ2) is 4.30. The lowest BCUT2D eigenvalue weighted by atomic mass is 10.3. The Hall–Kier alpha value is -1.00. The Labute approximate surface area is 81.7 Å². The van der Waals surface area contributed by atoms with Crippen LogP contribution in [0.5, 0.6) is 0 Å². The summed E-state index contributed by atoms with van der Waals surface area (Å²) < 4.78 is 0. The van der Waals surface area contributed by atoms with Crippen LogP contribution in [0.15, 0.2) is 12.1 Å². The third-order valence-corrected chi connectivity index (χ3v) is 1.59. The van der Waals surface area contributed by atoms with Gasteiger partial charge in [-0.05, 0) is 13.0 Å². The molecule has 0 bridgehead atoms. The predicted octanol–water partition coefficient (Wildman–Crippen LogP) is 1.11. The van der Waals surface area contributed by atoms with Crippen molar-refractivity contribution in [2.45, 2.75) is 13.0 Å². The molecule has 72 valence electrons. The van der Waals surface area contributed by atoms with Gasteiger partial charge in [0.25, 0.3) is 0 Å². The number of hydrogen-bond donors (Lipinski definition) is 3. The summed E-state index contributed by atoms with van der Waals surface area (Å²) in [5.74, 6) is 0.575. The third kappa shape index (κ3) is 3.48. The summed E-state index contributed by atoms with van der Waals surface area (Å²) in [6.07, 6.45) is -0.429. The third-order valence-electron chi connectivity index (χ3n) is 1.40. The summed E-state index contributed by atoms with van der Waals surface area (Å²) in [6.45, 7) is 2.10. The van der Waals surface area contributed by atoms with Gasteiger partial charge < -0.3 is 16.2 Å². The summed E-state index contributed by atoms with van der Waals surface area (Å²) in [6, 6.07) is 3.23. The normalized spacial score (nSPS) is 12.5. The van der Waals surface area contributed by atoms with Crippen LogP contribution >= 0.6 is 11.6 Å². The second-order valence-electron chi connectivity index (χ2n) is 2.84. The number of nitrogen functional groups attached to an aromatic ring is 1. The molecule has 0 aliphatic heterocycles. The van der Waals surface area contributed by atoms with E-state index in [0.717, 1.165) is 0 Å². The average Bonchev–Trinajstić information content (AvgIpc) is 1.99. The van der Waals surface area contributed by atoms with E-state index in [1.807, 2.05) is 0 Å². The molecule has 0 saturated carbocycles. The Kier molecular flexibility index (Phi) is 3.33. The van der Waals surface area contributed by atoms with E-state index < -0.39 is 6.10 Å². The van der Waals surface area contributed by atoms with Crippen molar-refractivity contribution in [1.29, 1.82) is 0 Å². The van der Waals surface area contributed by atoms with Crippen molar-refractivity contribution in [3.05, 3.63) is 17.3 Å². The number of nitrogens with two attached hydrogens (primary N) is 1. The maximum atomic E-state index is 9.00. The highest BCUT2D eigenvalue weighted by atomic mass is 35.5. The zero-order valence-corrected chi connectivity index (χ0v) is 8.04. The van der Waals surface area contributed by atoms with E-state index in [9.17, 15) is 0 Å². The van der Waals surface area contributed by atoms with E-state index >= 15 is 0 Å². The Morgan fingerprint density at radius 1 is 1.69 bits per heavy atom. The lowest BCUT2D eigenvalue weighted by Crippen LogP contribution is -2.16. The Bertz CT molecular complexity index is 270. The fraction of sp³-hybridized carbons (Fsp3) is 0.375. The maximum Gasteiger partial charge on any atom is 0.133 e. The van der Waals surface area contributed by atoms with E-state index in [1.165, 1.54) is 0 Å². The predicted molar refractivity (Wildman–Crippen MR) is 53.8 cm³/mol. The molecule has 1 aromatic heterocycles. The molecule has 0 aliphatic carbocycles. The van der Waals surface area contributed by atoms with Crippen LogP contribution in [0.4, 0.5) is 11.5 Å². The minimum atomic E-state index is -0.429. The number of hydrogen-bond acceptors (Lipinski definition) is 4. The van der Waals surface area contributed by atoms with Crippen molar-refractivity contribution in [2.75, 3.05) is 17.6 Å². The number of pyridine rings is 1. The van der Waals surface area contributed by atoms with Gasteiger partial charge >= 0.3 is 0 Å². The van der Waals surface area contributed by atoms with Crippen molar-refractivity contribution in [2.24, 2.45) is 0 Å². The molecule has 0 fully saturated rings. The SMILES string of the molecule is CC(O)CNc1cc(N)cc(Cl)n1. The molecular weight excluding hydrogens is 190 g/mol. The fourth-order valence-electron chi connectivity index (χ4n) is 0.860. The smallest absolute Gasteiger partial charge is 0.133 e. The molecule has 1 aromatic rings. The molecular formula is C8H12ClN3O. The summed E-state index contributed by atoms with van der Waals surface area (Å²) >= 11 is 5.67. The number of aromatic nitrogens is 1. The van der Waals surface area contributed by atoms with Crippen LogP contribution in [-0.4, -0.2) is 22.7 Å². The minimum Gasteiger partial charge on any atom is -0.399 e. The molecule has 1 heterocycles. The first kappa shape index (κ1) is 10.1. The van der Waals surface area contributed by atoms with Crippen molar-refractivity contribution >= 4 is 23.1 Å². The topological polar surface area (TPSA) is 71.2 Å². The van der Waals surface area contributed by atoms with Crippen molar-refractivity contribution < 1.29 is 5.11 Å². The highest BCUT2D eigenvalue weighted by molar-refractivity contribution is 6.29. The van der Waals surface area contributed by atoms with E-state index in [-0.39, 0.29) is 0 Å². The van der Waals surface area contributed by atoms with Crippen LogP contribution in [0.25, 0.3) is 0 Å².